The molecule has 0 saturated carbocycles. The van der Waals surface area contributed by atoms with Crippen LogP contribution in [-0.4, -0.2) is 52.6 Å². The highest BCUT2D eigenvalue weighted by Gasteiger charge is 2.21. The Bertz CT molecular complexity index is 996. The predicted molar refractivity (Wildman–Crippen MR) is 128 cm³/mol. The second-order valence-electron chi connectivity index (χ2n) is 8.65. The number of fused-ring (bicyclic) bond motifs is 1. The standard InChI is InChI=1S/C25H34N6/c1-19(2)30-14-12-22(13-15-30)29-25(26-3)27-16-20-8-10-21(11-9-20)17-31-18-28-23-6-4-5-7-24(23)31/h4-11,18-19,22H,12-17H2,1-3H3,(H2,26,27,29). The Morgan fingerprint density at radius 2 is 1.77 bits per heavy atom. The summed E-state index contributed by atoms with van der Waals surface area (Å²) in [7, 11) is 1.84. The van der Waals surface area contributed by atoms with E-state index in [0.29, 0.717) is 12.1 Å². The number of imidazole rings is 1. The highest BCUT2D eigenvalue weighted by molar-refractivity contribution is 5.80. The minimum atomic E-state index is 0.494. The fraction of sp³-hybridized carbons (Fsp3) is 0.440. The molecule has 31 heavy (non-hydrogen) atoms. The second-order valence-corrected chi connectivity index (χ2v) is 8.65. The van der Waals surface area contributed by atoms with Crippen molar-refractivity contribution in [1.82, 2.24) is 25.1 Å². The van der Waals surface area contributed by atoms with E-state index >= 15 is 0 Å². The summed E-state index contributed by atoms with van der Waals surface area (Å²) in [4.78, 5) is 11.4. The first-order chi connectivity index (χ1) is 15.1. The molecule has 1 fully saturated rings. The van der Waals surface area contributed by atoms with E-state index in [1.54, 1.807) is 0 Å². The number of guanidine groups is 1. The minimum absolute atomic E-state index is 0.494. The van der Waals surface area contributed by atoms with Crippen molar-refractivity contribution < 1.29 is 0 Å². The molecular formula is C25H34N6. The molecule has 6 heteroatoms. The summed E-state index contributed by atoms with van der Waals surface area (Å²) in [6.45, 7) is 8.44. The van der Waals surface area contributed by atoms with Crippen molar-refractivity contribution in [2.45, 2.75) is 51.9 Å². The van der Waals surface area contributed by atoms with E-state index in [4.69, 9.17) is 0 Å². The van der Waals surface area contributed by atoms with Crippen molar-refractivity contribution in [2.24, 2.45) is 4.99 Å². The maximum atomic E-state index is 4.48. The van der Waals surface area contributed by atoms with Gasteiger partial charge in [-0.1, -0.05) is 36.4 Å². The van der Waals surface area contributed by atoms with Crippen LogP contribution in [0.25, 0.3) is 11.0 Å². The first-order valence-electron chi connectivity index (χ1n) is 11.3. The van der Waals surface area contributed by atoms with Crippen LogP contribution in [-0.2, 0) is 13.1 Å². The van der Waals surface area contributed by atoms with Crippen LogP contribution in [0.2, 0.25) is 0 Å². The Kier molecular flexibility index (Phi) is 6.87. The van der Waals surface area contributed by atoms with Gasteiger partial charge in [0.1, 0.15) is 0 Å². The Hall–Kier alpha value is -2.86. The third-order valence-corrected chi connectivity index (χ3v) is 6.19. The van der Waals surface area contributed by atoms with Gasteiger partial charge in [-0.2, -0.15) is 0 Å². The molecule has 4 rings (SSSR count). The summed E-state index contributed by atoms with van der Waals surface area (Å²) in [5.74, 6) is 0.886. The van der Waals surface area contributed by atoms with Gasteiger partial charge in [-0.3, -0.25) is 4.99 Å². The first kappa shape index (κ1) is 21.4. The molecular weight excluding hydrogens is 384 g/mol. The Labute approximate surface area is 185 Å². The van der Waals surface area contributed by atoms with Crippen molar-refractivity contribution in [1.29, 1.82) is 0 Å². The van der Waals surface area contributed by atoms with E-state index < -0.39 is 0 Å². The number of likely N-dealkylation sites (tertiary alicyclic amines) is 1. The molecule has 0 radical (unpaired) electrons. The Morgan fingerprint density at radius 3 is 2.48 bits per heavy atom. The fourth-order valence-corrected chi connectivity index (χ4v) is 4.23. The molecule has 2 heterocycles. The number of hydrogen-bond acceptors (Lipinski definition) is 3. The SMILES string of the molecule is CN=C(NCc1ccc(Cn2cnc3ccccc32)cc1)NC1CCN(C(C)C)CC1. The van der Waals surface area contributed by atoms with Crippen LogP contribution >= 0.6 is 0 Å². The van der Waals surface area contributed by atoms with Crippen molar-refractivity contribution >= 4 is 17.0 Å². The number of rotatable bonds is 6. The molecule has 1 saturated heterocycles. The number of nitrogens with one attached hydrogen (secondary N) is 2. The van der Waals surface area contributed by atoms with Crippen LogP contribution in [0.1, 0.15) is 37.8 Å². The number of para-hydroxylation sites is 2. The zero-order valence-electron chi connectivity index (χ0n) is 18.9. The van der Waals surface area contributed by atoms with Gasteiger partial charge in [-0.15, -0.1) is 0 Å². The van der Waals surface area contributed by atoms with E-state index in [2.05, 4.69) is 86.4 Å². The van der Waals surface area contributed by atoms with Crippen LogP contribution < -0.4 is 10.6 Å². The molecule has 0 aliphatic carbocycles. The first-order valence-corrected chi connectivity index (χ1v) is 11.3. The van der Waals surface area contributed by atoms with Gasteiger partial charge < -0.3 is 20.1 Å². The number of piperidine rings is 1. The highest BCUT2D eigenvalue weighted by Crippen LogP contribution is 2.15. The molecule has 1 aliphatic heterocycles. The number of aromatic nitrogens is 2. The monoisotopic (exact) mass is 418 g/mol. The molecule has 2 aromatic carbocycles. The van der Waals surface area contributed by atoms with E-state index in [1.165, 1.54) is 16.6 Å². The van der Waals surface area contributed by atoms with Crippen LogP contribution in [0.4, 0.5) is 0 Å². The van der Waals surface area contributed by atoms with Gasteiger partial charge in [0.2, 0.25) is 0 Å². The van der Waals surface area contributed by atoms with Gasteiger partial charge in [-0.25, -0.2) is 4.98 Å². The lowest BCUT2D eigenvalue weighted by Gasteiger charge is -2.35. The van der Waals surface area contributed by atoms with Gasteiger partial charge in [0, 0.05) is 45.3 Å². The van der Waals surface area contributed by atoms with Gasteiger partial charge in [0.25, 0.3) is 0 Å². The van der Waals surface area contributed by atoms with Gasteiger partial charge >= 0.3 is 0 Å². The Morgan fingerprint density at radius 1 is 1.06 bits per heavy atom. The molecule has 0 atom stereocenters. The third kappa shape index (κ3) is 5.44. The van der Waals surface area contributed by atoms with Crippen molar-refractivity contribution in [2.75, 3.05) is 20.1 Å². The third-order valence-electron chi connectivity index (χ3n) is 6.19. The molecule has 3 aromatic rings. The number of hydrogen-bond donors (Lipinski definition) is 2. The summed E-state index contributed by atoms with van der Waals surface area (Å²) in [5.41, 5.74) is 4.72. The topological polar surface area (TPSA) is 57.5 Å². The number of nitrogens with zero attached hydrogens (tertiary/aromatic N) is 4. The molecule has 0 bridgehead atoms. The normalized spacial score (nSPS) is 16.2. The lowest BCUT2D eigenvalue weighted by Crippen LogP contribution is -2.49. The molecule has 164 valence electrons. The number of benzene rings is 2. The average Bonchev–Trinajstić information content (AvgIpc) is 3.20. The summed E-state index contributed by atoms with van der Waals surface area (Å²) >= 11 is 0. The maximum absolute atomic E-state index is 4.48. The highest BCUT2D eigenvalue weighted by atomic mass is 15.2. The van der Waals surface area contributed by atoms with E-state index in [-0.39, 0.29) is 0 Å². The number of aliphatic imine (C=N–C) groups is 1. The van der Waals surface area contributed by atoms with Crippen LogP contribution in [0.15, 0.2) is 59.9 Å². The van der Waals surface area contributed by atoms with Gasteiger partial charge in [0.15, 0.2) is 5.96 Å². The van der Waals surface area contributed by atoms with E-state index in [1.807, 2.05) is 19.4 Å². The molecule has 1 aromatic heterocycles. The summed E-state index contributed by atoms with van der Waals surface area (Å²) in [5, 5.41) is 7.06. The molecule has 2 N–H and O–H groups in total. The van der Waals surface area contributed by atoms with E-state index in [9.17, 15) is 0 Å². The minimum Gasteiger partial charge on any atom is -0.354 e. The molecule has 6 nitrogen and oxygen atoms in total. The van der Waals surface area contributed by atoms with Gasteiger partial charge in [-0.05, 0) is 49.9 Å². The maximum Gasteiger partial charge on any atom is 0.191 e. The average molecular weight is 419 g/mol. The summed E-state index contributed by atoms with van der Waals surface area (Å²) in [6.07, 6.45) is 4.24. The summed E-state index contributed by atoms with van der Waals surface area (Å²) < 4.78 is 2.19. The second kappa shape index (κ2) is 9.96. The smallest absolute Gasteiger partial charge is 0.191 e. The van der Waals surface area contributed by atoms with E-state index in [0.717, 1.165) is 50.5 Å². The lowest BCUT2D eigenvalue weighted by molar-refractivity contribution is 0.167. The Balaban J connectivity index is 1.27. The van der Waals surface area contributed by atoms with Gasteiger partial charge in [0.05, 0.1) is 17.4 Å². The van der Waals surface area contributed by atoms with Crippen LogP contribution in [0.5, 0.6) is 0 Å². The summed E-state index contributed by atoms with van der Waals surface area (Å²) in [6, 6.07) is 18.2. The molecule has 1 aliphatic rings. The van der Waals surface area contributed by atoms with Crippen LogP contribution in [0, 0.1) is 0 Å². The zero-order valence-corrected chi connectivity index (χ0v) is 18.9. The zero-order chi connectivity index (χ0) is 21.6. The van der Waals surface area contributed by atoms with Crippen LogP contribution in [0.3, 0.4) is 0 Å². The molecule has 0 spiro atoms. The van der Waals surface area contributed by atoms with Crippen molar-refractivity contribution in [3.63, 3.8) is 0 Å². The fourth-order valence-electron chi connectivity index (χ4n) is 4.23. The van der Waals surface area contributed by atoms with Crippen molar-refractivity contribution in [3.8, 4) is 0 Å². The van der Waals surface area contributed by atoms with Crippen molar-refractivity contribution in [3.05, 3.63) is 66.0 Å². The predicted octanol–water partition coefficient (Wildman–Crippen LogP) is 3.62. The largest absolute Gasteiger partial charge is 0.354 e. The quantitative estimate of drug-likeness (QED) is 0.474. The lowest BCUT2D eigenvalue weighted by atomic mass is 10.0. The molecule has 0 unspecified atom stereocenters. The molecule has 0 amide bonds.